The van der Waals surface area contributed by atoms with Crippen LogP contribution in [0, 0.1) is 5.82 Å². The summed E-state index contributed by atoms with van der Waals surface area (Å²) in [5.74, 6) is -2.25. The van der Waals surface area contributed by atoms with Gasteiger partial charge in [-0.3, -0.25) is 4.79 Å². The largest absolute Gasteiger partial charge is 0.416 e. The zero-order chi connectivity index (χ0) is 23.7. The Hall–Kier alpha value is -3.70. The van der Waals surface area contributed by atoms with E-state index in [0.717, 1.165) is 12.1 Å². The van der Waals surface area contributed by atoms with Gasteiger partial charge in [-0.15, -0.1) is 0 Å². The number of benzene rings is 2. The van der Waals surface area contributed by atoms with E-state index in [4.69, 9.17) is 5.73 Å². The van der Waals surface area contributed by atoms with Crippen LogP contribution in [0.3, 0.4) is 0 Å². The van der Waals surface area contributed by atoms with Gasteiger partial charge in [-0.1, -0.05) is 18.2 Å². The van der Waals surface area contributed by atoms with Gasteiger partial charge in [0.15, 0.2) is 0 Å². The average molecular weight is 458 g/mol. The molecule has 0 atom stereocenters. The molecule has 32 heavy (non-hydrogen) atoms. The normalized spacial score (nSPS) is 12.0. The third-order valence-corrected chi connectivity index (χ3v) is 4.30. The van der Waals surface area contributed by atoms with Gasteiger partial charge >= 0.3 is 12.4 Å². The molecule has 12 heteroatoms. The second-order valence-corrected chi connectivity index (χ2v) is 6.58. The lowest BCUT2D eigenvalue weighted by atomic mass is 9.95. The molecule has 3 aromatic rings. The van der Waals surface area contributed by atoms with E-state index in [-0.39, 0.29) is 28.2 Å². The van der Waals surface area contributed by atoms with Crippen molar-refractivity contribution in [1.82, 2.24) is 15.3 Å². The van der Waals surface area contributed by atoms with Crippen molar-refractivity contribution in [3.63, 3.8) is 0 Å². The van der Waals surface area contributed by atoms with E-state index in [9.17, 15) is 35.5 Å². The number of rotatable bonds is 4. The number of carbonyl (C=O) groups excluding carboxylic acids is 1. The molecule has 1 heterocycles. The van der Waals surface area contributed by atoms with Crippen LogP contribution >= 0.6 is 0 Å². The molecule has 3 N–H and O–H groups in total. The minimum atomic E-state index is -4.85. The van der Waals surface area contributed by atoms with Gasteiger partial charge in [-0.25, -0.2) is 14.4 Å². The summed E-state index contributed by atoms with van der Waals surface area (Å²) in [6, 6.07) is 5.48. The van der Waals surface area contributed by atoms with E-state index >= 15 is 0 Å². The van der Waals surface area contributed by atoms with E-state index in [1.807, 2.05) is 0 Å². The van der Waals surface area contributed by atoms with Crippen molar-refractivity contribution in [1.29, 1.82) is 0 Å². The Kier molecular flexibility index (Phi) is 6.06. The highest BCUT2D eigenvalue weighted by atomic mass is 19.4. The second-order valence-electron chi connectivity index (χ2n) is 6.58. The maximum Gasteiger partial charge on any atom is 0.416 e. The van der Waals surface area contributed by atoms with Gasteiger partial charge in [0, 0.05) is 29.1 Å². The smallest absolute Gasteiger partial charge is 0.368 e. The van der Waals surface area contributed by atoms with Crippen LogP contribution in [0.5, 0.6) is 0 Å². The van der Waals surface area contributed by atoms with Gasteiger partial charge in [0.05, 0.1) is 5.56 Å². The topological polar surface area (TPSA) is 80.9 Å². The number of nitrogen functional groups attached to an aromatic ring is 1. The number of nitrogens with one attached hydrogen (secondary N) is 1. The fourth-order valence-electron chi connectivity index (χ4n) is 2.83. The Bertz CT molecular complexity index is 1140. The van der Waals surface area contributed by atoms with E-state index in [1.165, 1.54) is 29.8 Å². The maximum atomic E-state index is 14.7. The fraction of sp³-hybridized carbons (Fsp3) is 0.150. The van der Waals surface area contributed by atoms with Gasteiger partial charge in [0.2, 0.25) is 5.95 Å². The number of carbonyl (C=O) groups is 1. The molecule has 0 bridgehead atoms. The number of halogens is 7. The average Bonchev–Trinajstić information content (AvgIpc) is 2.71. The van der Waals surface area contributed by atoms with E-state index in [2.05, 4.69) is 9.97 Å². The standard InChI is InChI=1S/C20H13F7N4O/c21-16-5-10(1-3-14(16)11-7-29-18(28)30-8-11)13-4-2-12(20(25,26)27)6-15(13)17(32)31-9-19(22,23)24/h1-8H,9H2,(H,31,32)(H2,28,29,30). The minimum Gasteiger partial charge on any atom is -0.368 e. The van der Waals surface area contributed by atoms with Gasteiger partial charge < -0.3 is 11.1 Å². The molecule has 0 radical (unpaired) electrons. The lowest BCUT2D eigenvalue weighted by Gasteiger charge is -2.15. The number of amides is 1. The number of nitrogens with zero attached hydrogens (tertiary/aromatic N) is 2. The molecule has 1 aromatic heterocycles. The van der Waals surface area contributed by atoms with Crippen molar-refractivity contribution >= 4 is 11.9 Å². The van der Waals surface area contributed by atoms with Crippen molar-refractivity contribution in [3.05, 3.63) is 65.7 Å². The molecule has 0 saturated heterocycles. The Morgan fingerprint density at radius 1 is 0.906 bits per heavy atom. The molecule has 0 spiro atoms. The zero-order valence-electron chi connectivity index (χ0n) is 15.9. The molecule has 2 aromatic carbocycles. The third-order valence-electron chi connectivity index (χ3n) is 4.30. The summed E-state index contributed by atoms with van der Waals surface area (Å²) < 4.78 is 91.3. The summed E-state index contributed by atoms with van der Waals surface area (Å²) in [7, 11) is 0. The molecular weight excluding hydrogens is 445 g/mol. The summed E-state index contributed by atoms with van der Waals surface area (Å²) in [6.07, 6.45) is -7.10. The van der Waals surface area contributed by atoms with Crippen molar-refractivity contribution in [2.24, 2.45) is 0 Å². The maximum absolute atomic E-state index is 14.7. The first-order chi connectivity index (χ1) is 14.8. The Labute approximate surface area is 176 Å². The van der Waals surface area contributed by atoms with E-state index in [1.54, 1.807) is 0 Å². The Morgan fingerprint density at radius 3 is 2.09 bits per heavy atom. The first-order valence-electron chi connectivity index (χ1n) is 8.79. The molecule has 0 aliphatic rings. The van der Waals surface area contributed by atoms with Crippen LogP contribution in [0.2, 0.25) is 0 Å². The first kappa shape index (κ1) is 23.0. The molecule has 0 unspecified atom stereocenters. The van der Waals surface area contributed by atoms with E-state index in [0.29, 0.717) is 12.1 Å². The monoisotopic (exact) mass is 458 g/mol. The lowest BCUT2D eigenvalue weighted by molar-refractivity contribution is -0.137. The molecule has 0 saturated carbocycles. The van der Waals surface area contributed by atoms with Crippen LogP contribution < -0.4 is 11.1 Å². The number of nitrogens with two attached hydrogens (primary N) is 1. The van der Waals surface area contributed by atoms with Gasteiger partial charge in [0.25, 0.3) is 5.91 Å². The second kappa shape index (κ2) is 8.44. The third kappa shape index (κ3) is 5.31. The highest BCUT2D eigenvalue weighted by Crippen LogP contribution is 2.35. The molecule has 1 amide bonds. The zero-order valence-corrected chi connectivity index (χ0v) is 15.9. The fourth-order valence-corrected chi connectivity index (χ4v) is 2.83. The molecule has 0 fully saturated rings. The Balaban J connectivity index is 2.05. The number of hydrogen-bond donors (Lipinski definition) is 2. The van der Waals surface area contributed by atoms with Crippen LogP contribution in [-0.4, -0.2) is 28.6 Å². The highest BCUT2D eigenvalue weighted by molar-refractivity contribution is 6.01. The predicted molar refractivity (Wildman–Crippen MR) is 101 cm³/mol. The van der Waals surface area contributed by atoms with Gasteiger partial charge in [-0.05, 0) is 29.3 Å². The SMILES string of the molecule is Nc1ncc(-c2ccc(-c3ccc(C(F)(F)F)cc3C(=O)NCC(F)(F)F)cc2F)cn1. The summed E-state index contributed by atoms with van der Waals surface area (Å²) in [6.45, 7) is -1.74. The van der Waals surface area contributed by atoms with Gasteiger partial charge in [-0.2, -0.15) is 26.3 Å². The van der Waals surface area contributed by atoms with Crippen molar-refractivity contribution in [2.75, 3.05) is 12.3 Å². The van der Waals surface area contributed by atoms with Crippen LogP contribution in [0.1, 0.15) is 15.9 Å². The van der Waals surface area contributed by atoms with Gasteiger partial charge in [0.1, 0.15) is 12.4 Å². The number of hydrogen-bond acceptors (Lipinski definition) is 4. The summed E-state index contributed by atoms with van der Waals surface area (Å²) >= 11 is 0. The number of aromatic nitrogens is 2. The quantitative estimate of drug-likeness (QED) is 0.549. The lowest BCUT2D eigenvalue weighted by Crippen LogP contribution is -2.34. The molecule has 0 aliphatic heterocycles. The summed E-state index contributed by atoms with van der Waals surface area (Å²) in [4.78, 5) is 19.7. The highest BCUT2D eigenvalue weighted by Gasteiger charge is 2.33. The van der Waals surface area contributed by atoms with Crippen LogP contribution in [0.4, 0.5) is 36.7 Å². The number of anilines is 1. The van der Waals surface area contributed by atoms with Crippen LogP contribution in [0.15, 0.2) is 48.8 Å². The summed E-state index contributed by atoms with van der Waals surface area (Å²) in [5, 5.41) is 1.53. The van der Waals surface area contributed by atoms with Crippen molar-refractivity contribution < 1.29 is 35.5 Å². The first-order valence-corrected chi connectivity index (χ1v) is 8.79. The van der Waals surface area contributed by atoms with Crippen LogP contribution in [-0.2, 0) is 6.18 Å². The van der Waals surface area contributed by atoms with Crippen molar-refractivity contribution in [2.45, 2.75) is 12.4 Å². The van der Waals surface area contributed by atoms with Crippen molar-refractivity contribution in [3.8, 4) is 22.3 Å². The Morgan fingerprint density at radius 2 is 1.53 bits per heavy atom. The summed E-state index contributed by atoms with van der Waals surface area (Å²) in [5.41, 5.74) is 3.55. The van der Waals surface area contributed by atoms with E-state index < -0.39 is 41.7 Å². The predicted octanol–water partition coefficient (Wildman–Crippen LogP) is 4.84. The molecule has 0 aliphatic carbocycles. The van der Waals surface area contributed by atoms with Crippen LogP contribution in [0.25, 0.3) is 22.3 Å². The molecular formula is C20H13F7N4O. The molecule has 3 rings (SSSR count). The number of alkyl halides is 6. The molecule has 5 nitrogen and oxygen atoms in total. The molecule has 168 valence electrons. The minimum absolute atomic E-state index is 0.0199.